The molecule has 0 fully saturated rings. The van der Waals surface area contributed by atoms with E-state index >= 15 is 0 Å². The van der Waals surface area contributed by atoms with Gasteiger partial charge in [-0.15, -0.1) is 11.6 Å². The quantitative estimate of drug-likeness (QED) is 0.377. The van der Waals surface area contributed by atoms with Crippen molar-refractivity contribution in [1.29, 1.82) is 0 Å². The van der Waals surface area contributed by atoms with Crippen LogP contribution >= 0.6 is 42.4 Å². The smallest absolute Gasteiger partial charge is 0.311 e. The lowest BCUT2D eigenvalue weighted by Gasteiger charge is -2.19. The number of hydrogen-bond donors (Lipinski definition) is 0. The number of aromatic nitrogens is 2. The molecule has 1 heterocycles. The molecule has 0 bridgehead atoms. The number of benzene rings is 1. The Morgan fingerprint density at radius 3 is 2.38 bits per heavy atom. The highest BCUT2D eigenvalue weighted by Gasteiger charge is 2.33. The maximum absolute atomic E-state index is 13.1. The molecule has 5 nitrogen and oxygen atoms in total. The first kappa shape index (κ1) is 21.6. The topological polar surface area (TPSA) is 53.4 Å². The van der Waals surface area contributed by atoms with Gasteiger partial charge < -0.3 is 9.05 Å². The maximum atomic E-state index is 13.1. The zero-order valence-electron chi connectivity index (χ0n) is 14.1. The van der Waals surface area contributed by atoms with Crippen molar-refractivity contribution >= 4 is 42.4 Å². The fraction of sp³-hybridized carbons (Fsp3) is 0.400. The summed E-state index contributed by atoms with van der Waals surface area (Å²) < 4.78 is 48.9. The number of nitrogens with zero attached hydrogens (tertiary/aromatic N) is 2. The van der Waals surface area contributed by atoms with Crippen molar-refractivity contribution in [2.45, 2.75) is 25.0 Å². The molecule has 0 radical (unpaired) electrons. The zero-order chi connectivity index (χ0) is 19.6. The molecule has 0 aliphatic rings. The van der Waals surface area contributed by atoms with Gasteiger partial charge in [-0.25, -0.2) is 4.98 Å². The number of aryl methyl sites for hydroxylation is 1. The fourth-order valence-corrected chi connectivity index (χ4v) is 4.62. The molecule has 1 aromatic carbocycles. The van der Waals surface area contributed by atoms with Crippen molar-refractivity contribution in [2.75, 3.05) is 14.2 Å². The molecule has 0 aliphatic carbocycles. The van der Waals surface area contributed by atoms with Gasteiger partial charge in [0.1, 0.15) is 21.8 Å². The highest BCUT2D eigenvalue weighted by Crippen LogP contribution is 2.54. The summed E-state index contributed by atoms with van der Waals surface area (Å²) >= 11 is 18.4. The van der Waals surface area contributed by atoms with E-state index in [1.165, 1.54) is 21.1 Å². The van der Waals surface area contributed by atoms with Gasteiger partial charge in [0.2, 0.25) is 0 Å². The first-order chi connectivity index (χ1) is 12.1. The van der Waals surface area contributed by atoms with E-state index in [9.17, 15) is 13.3 Å². The molecule has 144 valence electrons. The molecule has 26 heavy (non-hydrogen) atoms. The molecule has 0 saturated heterocycles. The number of imidazole rings is 1. The zero-order valence-corrected chi connectivity index (χ0v) is 17.2. The van der Waals surface area contributed by atoms with Crippen LogP contribution in [-0.2, 0) is 20.0 Å². The number of rotatable bonds is 7. The summed E-state index contributed by atoms with van der Waals surface area (Å²) in [5.74, 6) is 0.0787. The standard InChI is InChI=1S/C15H16Cl3F2N2O3P/c1-8-21-13(14(18)22(8)15(19)20)9-4-5-11(16)10(6-9)7-12(17)26(23,24-2)25-3/h4-6,12,15H,7H2,1-3H3. The van der Waals surface area contributed by atoms with Crippen molar-refractivity contribution in [1.82, 2.24) is 9.55 Å². The van der Waals surface area contributed by atoms with Crippen LogP contribution in [0.5, 0.6) is 0 Å². The second-order valence-corrected chi connectivity index (χ2v) is 9.33. The number of alkyl halides is 3. The van der Waals surface area contributed by atoms with E-state index in [1.807, 2.05) is 0 Å². The molecule has 0 saturated carbocycles. The van der Waals surface area contributed by atoms with Crippen LogP contribution in [0, 0.1) is 6.92 Å². The highest BCUT2D eigenvalue weighted by atomic mass is 35.5. The van der Waals surface area contributed by atoms with E-state index in [0.717, 1.165) is 0 Å². The summed E-state index contributed by atoms with van der Waals surface area (Å²) in [4.78, 5) is 4.10. The van der Waals surface area contributed by atoms with Crippen LogP contribution in [0.2, 0.25) is 10.2 Å². The molecule has 11 heteroatoms. The minimum Gasteiger partial charge on any atom is -0.311 e. The van der Waals surface area contributed by atoms with Crippen molar-refractivity contribution in [3.63, 3.8) is 0 Å². The van der Waals surface area contributed by atoms with E-state index in [1.54, 1.807) is 18.2 Å². The van der Waals surface area contributed by atoms with Crippen LogP contribution < -0.4 is 0 Å². The van der Waals surface area contributed by atoms with E-state index < -0.39 is 19.3 Å². The Morgan fingerprint density at radius 1 is 1.27 bits per heavy atom. The van der Waals surface area contributed by atoms with Gasteiger partial charge in [0.05, 0.1) is 0 Å². The minimum absolute atomic E-state index is 0.0688. The largest absolute Gasteiger partial charge is 0.348 e. The Morgan fingerprint density at radius 2 is 1.88 bits per heavy atom. The summed E-state index contributed by atoms with van der Waals surface area (Å²) in [7, 11) is -1.04. The van der Waals surface area contributed by atoms with Gasteiger partial charge in [0, 0.05) is 31.2 Å². The predicted octanol–water partition coefficient (Wildman–Crippen LogP) is 6.15. The van der Waals surface area contributed by atoms with Crippen LogP contribution in [0.15, 0.2) is 18.2 Å². The lowest BCUT2D eigenvalue weighted by molar-refractivity contribution is 0.0683. The number of halogens is 5. The van der Waals surface area contributed by atoms with E-state index in [4.69, 9.17) is 43.9 Å². The van der Waals surface area contributed by atoms with Crippen LogP contribution in [-0.4, -0.2) is 28.9 Å². The van der Waals surface area contributed by atoms with Gasteiger partial charge in [-0.1, -0.05) is 29.3 Å². The molecule has 0 N–H and O–H groups in total. The van der Waals surface area contributed by atoms with Gasteiger partial charge in [0.15, 0.2) is 0 Å². The summed E-state index contributed by atoms with van der Waals surface area (Å²) in [5.41, 5.74) is 1.19. The van der Waals surface area contributed by atoms with Crippen molar-refractivity contribution in [3.8, 4) is 11.3 Å². The predicted molar refractivity (Wildman–Crippen MR) is 98.6 cm³/mol. The van der Waals surface area contributed by atoms with Crippen LogP contribution in [0.4, 0.5) is 8.78 Å². The average Bonchev–Trinajstić information content (AvgIpc) is 2.90. The Bertz CT molecular complexity index is 840. The van der Waals surface area contributed by atoms with E-state index in [0.29, 0.717) is 20.7 Å². The second kappa shape index (κ2) is 8.55. The van der Waals surface area contributed by atoms with Gasteiger partial charge in [-0.3, -0.25) is 9.13 Å². The third-order valence-corrected chi connectivity index (χ3v) is 7.27. The van der Waals surface area contributed by atoms with Crippen molar-refractivity contribution in [2.24, 2.45) is 0 Å². The summed E-state index contributed by atoms with van der Waals surface area (Å²) in [6, 6.07) is 4.77. The van der Waals surface area contributed by atoms with Gasteiger partial charge in [-0.05, 0) is 24.6 Å². The highest BCUT2D eigenvalue weighted by molar-refractivity contribution is 7.56. The van der Waals surface area contributed by atoms with E-state index in [2.05, 4.69) is 4.98 Å². The lowest BCUT2D eigenvalue weighted by atomic mass is 10.1. The lowest BCUT2D eigenvalue weighted by Crippen LogP contribution is -2.08. The van der Waals surface area contributed by atoms with E-state index in [-0.39, 0.29) is 23.1 Å². The molecule has 0 amide bonds. The maximum Gasteiger partial charge on any atom is 0.348 e. The molecule has 2 rings (SSSR count). The first-order valence-corrected chi connectivity index (χ1v) is 10.1. The first-order valence-electron chi connectivity index (χ1n) is 7.31. The minimum atomic E-state index is -3.51. The molecule has 1 aromatic heterocycles. The second-order valence-electron chi connectivity index (χ2n) is 5.30. The molecule has 0 spiro atoms. The third kappa shape index (κ3) is 4.24. The van der Waals surface area contributed by atoms with Gasteiger partial charge in [0.25, 0.3) is 0 Å². The van der Waals surface area contributed by atoms with Crippen LogP contribution in [0.1, 0.15) is 17.9 Å². The fourth-order valence-electron chi connectivity index (χ4n) is 2.40. The van der Waals surface area contributed by atoms with Gasteiger partial charge >= 0.3 is 14.1 Å². The Balaban J connectivity index is 2.43. The molecular weight excluding hydrogens is 432 g/mol. The Labute approximate surface area is 164 Å². The van der Waals surface area contributed by atoms with Gasteiger partial charge in [-0.2, -0.15) is 8.78 Å². The molecule has 0 aliphatic heterocycles. The van der Waals surface area contributed by atoms with Crippen LogP contribution in [0.25, 0.3) is 11.3 Å². The third-order valence-electron chi connectivity index (χ3n) is 3.78. The summed E-state index contributed by atoms with van der Waals surface area (Å²) in [6.07, 6.45) is 0.0688. The Kier molecular flexibility index (Phi) is 7.10. The monoisotopic (exact) mass is 446 g/mol. The van der Waals surface area contributed by atoms with Crippen molar-refractivity contribution < 1.29 is 22.4 Å². The average molecular weight is 448 g/mol. The Hall–Kier alpha value is -0.690. The number of hydrogen-bond acceptors (Lipinski definition) is 4. The molecule has 1 atom stereocenters. The molecular formula is C15H16Cl3F2N2O3P. The normalized spacial score (nSPS) is 13.4. The summed E-state index contributed by atoms with van der Waals surface area (Å²) in [5, 5.41) is -0.812. The molecule has 2 aromatic rings. The van der Waals surface area contributed by atoms with Crippen molar-refractivity contribution in [3.05, 3.63) is 39.8 Å². The van der Waals surface area contributed by atoms with Crippen LogP contribution in [0.3, 0.4) is 0 Å². The molecule has 1 unspecified atom stereocenters. The SMILES string of the molecule is COP(=O)(OC)C(Cl)Cc1cc(-c2nc(C)n(C(F)F)c2Cl)ccc1Cl. The summed E-state index contributed by atoms with van der Waals surface area (Å²) in [6.45, 7) is -1.38.